The van der Waals surface area contributed by atoms with E-state index in [4.69, 9.17) is 17.2 Å². The molecule has 73 heavy (non-hydrogen) atoms. The van der Waals surface area contributed by atoms with E-state index in [1.165, 1.54) is 19.4 Å². The van der Waals surface area contributed by atoms with E-state index in [2.05, 4.69) is 46.5 Å². The van der Waals surface area contributed by atoms with Crippen molar-refractivity contribution in [2.45, 2.75) is 128 Å². The molecular weight excluding hydrogens is 937 g/mol. The molecule has 1 aliphatic heterocycles. The topological polar surface area (TPSA) is 349 Å². The van der Waals surface area contributed by atoms with Gasteiger partial charge in [0.1, 0.15) is 29.7 Å². The van der Waals surface area contributed by atoms with Crippen LogP contribution in [0.25, 0.3) is 10.9 Å². The summed E-state index contributed by atoms with van der Waals surface area (Å²) in [6, 6.07) is 11.4. The maximum atomic E-state index is 14.7. The van der Waals surface area contributed by atoms with Crippen LogP contribution in [0.5, 0.6) is 0 Å². The highest BCUT2D eigenvalue weighted by molar-refractivity contribution is 5.98. The maximum Gasteiger partial charge on any atom is 0.243 e. The Balaban J connectivity index is 1.52. The third-order valence-electron chi connectivity index (χ3n) is 13.1. The van der Waals surface area contributed by atoms with Crippen LogP contribution in [0.1, 0.15) is 101 Å². The van der Waals surface area contributed by atoms with Gasteiger partial charge in [-0.25, -0.2) is 4.98 Å². The van der Waals surface area contributed by atoms with Gasteiger partial charge >= 0.3 is 0 Å². The Bertz CT molecular complexity index is 2560. The predicted octanol–water partition coefficient (Wildman–Crippen LogP) is 1.63. The number of carbonyl (C=O) groups is 9. The Morgan fingerprint density at radius 3 is 2.29 bits per heavy atom. The number of hydrogen-bond acceptors (Lipinski definition) is 11. The summed E-state index contributed by atoms with van der Waals surface area (Å²) in [6.45, 7) is 3.21. The number of guanidine groups is 1. The van der Waals surface area contributed by atoms with Crippen LogP contribution in [0.2, 0.25) is 0 Å². The highest BCUT2D eigenvalue weighted by atomic mass is 16.2. The van der Waals surface area contributed by atoms with Gasteiger partial charge in [-0.1, -0.05) is 68.3 Å². The standard InChI is InChI=1S/C52H70N12O9/c1-3-4-15-40(61-31(2)65)49(71)62-41-17-18-47(69)57-21-19-34(45(67)26-35(48(53)70)23-36-28-59-39-16-9-8-14-38(36)39)24-44(66)33(13-10-20-58-52(54)55)25-46(68)42(22-32-11-6-5-7-12-32)63-51(73)43(64-50(41)72)27-37-29-56-30-60-37/h5-9,11-12,14,16,28-30,33-35,40-43,59H,3-4,10,13,15,17-27H2,1-2H3,(H2,53,70)(H,56,60)(H,57,69)(H,61,65)(H,62,71)(H,63,73)(H,64,72)(H4,54,55,58)/t33-,34-,35-,40+,41+,42-,43+/m1/s1. The average Bonchev–Trinajstić information content (AvgIpc) is 4.03. The third kappa shape index (κ3) is 18.1. The number of ketones is 3. The molecule has 6 amide bonds. The molecule has 0 saturated carbocycles. The van der Waals surface area contributed by atoms with Gasteiger partial charge in [0, 0.05) is 98.9 Å². The molecule has 2 aromatic heterocycles. The Hall–Kier alpha value is -7.71. The lowest BCUT2D eigenvalue weighted by Crippen LogP contribution is -2.58. The predicted molar refractivity (Wildman–Crippen MR) is 273 cm³/mol. The van der Waals surface area contributed by atoms with E-state index in [-0.39, 0.29) is 96.1 Å². The second-order valence-electron chi connectivity index (χ2n) is 18.7. The number of hydrogen-bond donors (Lipinski definition) is 10. The van der Waals surface area contributed by atoms with Crippen molar-refractivity contribution in [2.75, 3.05) is 13.1 Å². The van der Waals surface area contributed by atoms with E-state index < -0.39 is 94.7 Å². The Morgan fingerprint density at radius 2 is 1.59 bits per heavy atom. The molecule has 0 spiro atoms. The number of Topliss-reactive ketones (excluding diaryl/α,β-unsaturated/α-hetero) is 3. The fraction of sp³-hybridized carbons (Fsp3) is 0.481. The highest BCUT2D eigenvalue weighted by Gasteiger charge is 2.35. The molecule has 1 fully saturated rings. The molecule has 21 nitrogen and oxygen atoms in total. The van der Waals surface area contributed by atoms with Crippen LogP contribution in [-0.4, -0.2) is 111 Å². The summed E-state index contributed by atoms with van der Waals surface area (Å²) in [7, 11) is 0. The van der Waals surface area contributed by atoms with E-state index >= 15 is 0 Å². The number of primary amides is 1. The summed E-state index contributed by atoms with van der Waals surface area (Å²) in [4.78, 5) is 139. The first-order valence-electron chi connectivity index (χ1n) is 24.9. The zero-order valence-electron chi connectivity index (χ0n) is 41.6. The largest absolute Gasteiger partial charge is 0.370 e. The van der Waals surface area contributed by atoms with E-state index in [1.807, 2.05) is 31.2 Å². The van der Waals surface area contributed by atoms with E-state index in [0.717, 1.165) is 16.5 Å². The molecule has 13 N–H and O–H groups in total. The van der Waals surface area contributed by atoms with E-state index in [1.54, 1.807) is 36.5 Å². The fourth-order valence-corrected chi connectivity index (χ4v) is 9.02. The lowest BCUT2D eigenvalue weighted by Gasteiger charge is -2.27. The lowest BCUT2D eigenvalue weighted by molar-refractivity contribution is -0.135. The number of para-hydroxylation sites is 1. The van der Waals surface area contributed by atoms with Crippen molar-refractivity contribution in [1.82, 2.24) is 41.5 Å². The Labute approximate surface area is 424 Å². The zero-order valence-corrected chi connectivity index (χ0v) is 41.6. The average molecular weight is 1010 g/mol. The van der Waals surface area contributed by atoms with Crippen molar-refractivity contribution in [2.24, 2.45) is 39.9 Å². The summed E-state index contributed by atoms with van der Waals surface area (Å²) >= 11 is 0. The molecule has 7 atom stereocenters. The van der Waals surface area contributed by atoms with Gasteiger partial charge in [-0.15, -0.1) is 0 Å². The monoisotopic (exact) mass is 1010 g/mol. The summed E-state index contributed by atoms with van der Waals surface area (Å²) in [5, 5.41) is 14.5. The van der Waals surface area contributed by atoms with E-state index in [9.17, 15) is 43.2 Å². The van der Waals surface area contributed by atoms with Gasteiger partial charge in [0.2, 0.25) is 35.4 Å². The number of rotatable bonds is 20. The van der Waals surface area contributed by atoms with Crippen molar-refractivity contribution in [1.29, 1.82) is 0 Å². The number of imidazole rings is 1. The molecule has 1 aliphatic rings. The van der Waals surface area contributed by atoms with Crippen LogP contribution in [-0.2, 0) is 62.4 Å². The van der Waals surface area contributed by atoms with Crippen LogP contribution in [0.4, 0.5) is 0 Å². The Morgan fingerprint density at radius 1 is 0.849 bits per heavy atom. The van der Waals surface area contributed by atoms with Gasteiger partial charge in [0.15, 0.2) is 11.7 Å². The second kappa shape index (κ2) is 28.4. The molecule has 3 heterocycles. The molecule has 2 aromatic carbocycles. The number of benzene rings is 2. The Kier molecular flexibility index (Phi) is 21.8. The van der Waals surface area contributed by atoms with Crippen molar-refractivity contribution >= 4 is 69.7 Å². The van der Waals surface area contributed by atoms with Crippen molar-refractivity contribution in [3.05, 3.63) is 90.1 Å². The maximum absolute atomic E-state index is 14.7. The number of nitrogens with zero attached hydrogens (tertiary/aromatic N) is 2. The quantitative estimate of drug-likeness (QED) is 0.0343. The van der Waals surface area contributed by atoms with Crippen molar-refractivity contribution in [3.8, 4) is 0 Å². The summed E-state index contributed by atoms with van der Waals surface area (Å²) in [5.41, 5.74) is 19.8. The number of H-pyrrole nitrogens is 2. The van der Waals surface area contributed by atoms with Crippen LogP contribution in [0, 0.1) is 17.8 Å². The first-order valence-corrected chi connectivity index (χ1v) is 24.9. The number of aliphatic imine (C=N–C) groups is 1. The van der Waals surface area contributed by atoms with Gasteiger partial charge in [-0.05, 0) is 62.1 Å². The molecule has 4 aromatic rings. The van der Waals surface area contributed by atoms with Crippen LogP contribution in [0.3, 0.4) is 0 Å². The van der Waals surface area contributed by atoms with Gasteiger partial charge in [0.25, 0.3) is 0 Å². The number of unbranched alkanes of at least 4 members (excludes halogenated alkanes) is 1. The van der Waals surface area contributed by atoms with Gasteiger partial charge in [-0.3, -0.25) is 48.1 Å². The van der Waals surface area contributed by atoms with Crippen LogP contribution >= 0.6 is 0 Å². The number of nitrogens with two attached hydrogens (primary N) is 3. The fourth-order valence-electron chi connectivity index (χ4n) is 9.02. The smallest absolute Gasteiger partial charge is 0.243 e. The van der Waals surface area contributed by atoms with Crippen LogP contribution < -0.4 is 43.8 Å². The molecule has 0 aliphatic carbocycles. The molecule has 5 rings (SSSR count). The minimum Gasteiger partial charge on any atom is -0.370 e. The normalized spacial score (nSPS) is 20.5. The molecule has 0 bridgehead atoms. The van der Waals surface area contributed by atoms with Gasteiger partial charge < -0.3 is 53.8 Å². The minimum atomic E-state index is -1.40. The number of nitrogens with one attached hydrogen (secondary N) is 7. The van der Waals surface area contributed by atoms with Crippen molar-refractivity contribution < 1.29 is 43.2 Å². The molecule has 0 unspecified atom stereocenters. The minimum absolute atomic E-state index is 0.00581. The number of aromatic nitrogens is 3. The molecular formula is C52H70N12O9. The number of aromatic amines is 2. The number of fused-ring (bicyclic) bond motifs is 1. The molecule has 1 saturated heterocycles. The summed E-state index contributed by atoms with van der Waals surface area (Å²) in [5.74, 6) is -8.52. The molecule has 21 heteroatoms. The first kappa shape index (κ1) is 56.2. The molecule has 392 valence electrons. The highest BCUT2D eigenvalue weighted by Crippen LogP contribution is 2.27. The van der Waals surface area contributed by atoms with Crippen molar-refractivity contribution in [3.63, 3.8) is 0 Å². The van der Waals surface area contributed by atoms with Gasteiger partial charge in [-0.2, -0.15) is 0 Å². The first-order chi connectivity index (χ1) is 35.0. The molecule has 0 radical (unpaired) electrons. The second-order valence-corrected chi connectivity index (χ2v) is 18.7. The third-order valence-corrected chi connectivity index (χ3v) is 13.1. The zero-order chi connectivity index (χ0) is 52.9. The van der Waals surface area contributed by atoms with Gasteiger partial charge in [0.05, 0.1) is 12.4 Å². The lowest BCUT2D eigenvalue weighted by atomic mass is 9.81. The van der Waals surface area contributed by atoms with E-state index in [0.29, 0.717) is 24.1 Å². The summed E-state index contributed by atoms with van der Waals surface area (Å²) in [6.07, 6.45) is 4.95. The SMILES string of the molecule is CCCC[C@H](NC(C)=O)C(=O)N[C@H]1CCC(=O)NCC[C@@H](C(=O)C[C@@H](Cc2c[nH]c3ccccc23)C(N)=O)CC(=O)[C@H](CCCN=C(N)N)CC(=O)[C@@H](Cc2ccccc2)NC(=O)[C@H](Cc2cnc[nH]2)NC1=O. The number of carbonyl (C=O) groups excluding carboxylic acids is 9. The van der Waals surface area contributed by atoms with Crippen LogP contribution in [0.15, 0.2) is 78.3 Å². The number of amides is 6. The summed E-state index contributed by atoms with van der Waals surface area (Å²) < 4.78 is 0.